The van der Waals surface area contributed by atoms with E-state index in [2.05, 4.69) is 26.4 Å². The summed E-state index contributed by atoms with van der Waals surface area (Å²) < 4.78 is 51.8. The predicted octanol–water partition coefficient (Wildman–Crippen LogP) is 4.54. The molecular formula is C26H41N6O5PS2. The number of aromatic nitrogens is 2. The molecular weight excluding hydrogens is 571 g/mol. The van der Waals surface area contributed by atoms with E-state index in [-0.39, 0.29) is 28.5 Å². The minimum Gasteiger partial charge on any atom is -0.598 e. The lowest BCUT2D eigenvalue weighted by molar-refractivity contribution is 0.401. The summed E-state index contributed by atoms with van der Waals surface area (Å²) in [6.07, 6.45) is 1.60. The fourth-order valence-electron chi connectivity index (χ4n) is 4.29. The molecule has 0 aliphatic carbocycles. The average molecular weight is 613 g/mol. The molecule has 0 fully saturated rings. The Morgan fingerprint density at radius 3 is 2.23 bits per heavy atom. The first-order valence-corrected chi connectivity index (χ1v) is 16.9. The van der Waals surface area contributed by atoms with Gasteiger partial charge in [-0.15, -0.1) is 4.72 Å². The highest BCUT2D eigenvalue weighted by atomic mass is 32.2. The number of fused-ring (bicyclic) bond motifs is 2. The van der Waals surface area contributed by atoms with E-state index in [0.717, 1.165) is 36.3 Å². The number of anilines is 2. The monoisotopic (exact) mass is 612 g/mol. The molecule has 4 heterocycles. The number of hydrazine groups is 1. The third kappa shape index (κ3) is 7.36. The lowest BCUT2D eigenvalue weighted by atomic mass is 9.97. The summed E-state index contributed by atoms with van der Waals surface area (Å²) in [5, 5.41) is 1.86. The van der Waals surface area contributed by atoms with E-state index in [1.165, 1.54) is 0 Å². The standard InChI is InChI=1S/C26H41N6O5PS2/c1-17-13-16-32(30-40(35)26(5,6)7)20-10-12-21(27-23(17)20)36-38(33)37-22-11-9-18-19(29-39(34)25(2,3)4)14-15-31(8)24(18)28-22/h9-12,17,19,29-30,38H,13-16H2,1-8H3. The molecule has 2 N–H and O–H groups in total. The highest BCUT2D eigenvalue weighted by Crippen LogP contribution is 2.39. The maximum absolute atomic E-state index is 12.9. The smallest absolute Gasteiger partial charge is 0.421 e. The first-order valence-electron chi connectivity index (χ1n) is 13.4. The second kappa shape index (κ2) is 12.2. The van der Waals surface area contributed by atoms with Gasteiger partial charge in [-0.1, -0.05) is 6.92 Å². The van der Waals surface area contributed by atoms with Crippen LogP contribution in [0.15, 0.2) is 24.3 Å². The Kier molecular flexibility index (Phi) is 9.56. The molecule has 0 saturated carbocycles. The second-order valence-electron chi connectivity index (χ2n) is 12.1. The van der Waals surface area contributed by atoms with Crippen LogP contribution >= 0.6 is 8.25 Å². The van der Waals surface area contributed by atoms with Gasteiger partial charge in [0.15, 0.2) is 0 Å². The minimum absolute atomic E-state index is 0.113. The van der Waals surface area contributed by atoms with Crippen LogP contribution in [0, 0.1) is 0 Å². The molecule has 0 radical (unpaired) electrons. The summed E-state index contributed by atoms with van der Waals surface area (Å²) in [6.45, 7) is 15.0. The molecule has 0 bridgehead atoms. The van der Waals surface area contributed by atoms with Crippen molar-refractivity contribution in [1.29, 1.82) is 0 Å². The Hall–Kier alpha value is -1.73. The summed E-state index contributed by atoms with van der Waals surface area (Å²) in [6, 6.07) is 6.87. The van der Waals surface area contributed by atoms with Crippen molar-refractivity contribution in [3.63, 3.8) is 0 Å². The zero-order valence-electron chi connectivity index (χ0n) is 24.4. The molecule has 0 aromatic carbocycles. The molecule has 14 heteroatoms. The van der Waals surface area contributed by atoms with E-state index < -0.39 is 35.7 Å². The lowest BCUT2D eigenvalue weighted by Crippen LogP contribution is -2.51. The van der Waals surface area contributed by atoms with E-state index in [4.69, 9.17) is 9.05 Å². The Labute approximate surface area is 244 Å². The number of pyridine rings is 2. The van der Waals surface area contributed by atoms with Gasteiger partial charge in [0.05, 0.1) is 28.8 Å². The van der Waals surface area contributed by atoms with Crippen molar-refractivity contribution in [2.45, 2.75) is 82.8 Å². The minimum atomic E-state index is -3.02. The van der Waals surface area contributed by atoms with Gasteiger partial charge in [-0.05, 0) is 71.3 Å². The van der Waals surface area contributed by atoms with Gasteiger partial charge in [0.2, 0.25) is 11.8 Å². The zero-order valence-corrected chi connectivity index (χ0v) is 27.1. The third-order valence-corrected chi connectivity index (χ3v) is 10.6. The molecule has 222 valence electrons. The van der Waals surface area contributed by atoms with Gasteiger partial charge in [-0.2, -0.15) is 4.98 Å². The van der Waals surface area contributed by atoms with Gasteiger partial charge in [-0.3, -0.25) is 5.01 Å². The van der Waals surface area contributed by atoms with E-state index >= 15 is 0 Å². The van der Waals surface area contributed by atoms with Gasteiger partial charge >= 0.3 is 8.25 Å². The Morgan fingerprint density at radius 1 is 0.950 bits per heavy atom. The van der Waals surface area contributed by atoms with E-state index in [1.807, 2.05) is 70.6 Å². The number of nitrogens with zero attached hydrogens (tertiary/aromatic N) is 4. The summed E-state index contributed by atoms with van der Waals surface area (Å²) >= 11 is -2.51. The van der Waals surface area contributed by atoms with Crippen molar-refractivity contribution < 1.29 is 22.7 Å². The van der Waals surface area contributed by atoms with Crippen LogP contribution in [0.2, 0.25) is 0 Å². The topological polar surface area (TPSA) is 138 Å². The van der Waals surface area contributed by atoms with Crippen LogP contribution in [0.25, 0.3) is 0 Å². The average Bonchev–Trinajstić information content (AvgIpc) is 2.86. The number of hydrogen-bond acceptors (Lipinski definition) is 11. The van der Waals surface area contributed by atoms with Gasteiger partial charge in [0.1, 0.15) is 15.3 Å². The van der Waals surface area contributed by atoms with Crippen LogP contribution in [0.1, 0.15) is 84.5 Å². The van der Waals surface area contributed by atoms with Crippen LogP contribution in [0.3, 0.4) is 0 Å². The molecule has 0 saturated heterocycles. The van der Waals surface area contributed by atoms with Crippen LogP contribution in [-0.2, 0) is 27.3 Å². The quantitative estimate of drug-likeness (QED) is 0.321. The summed E-state index contributed by atoms with van der Waals surface area (Å²) in [5.74, 6) is 1.20. The second-order valence-corrected chi connectivity index (χ2v) is 17.0. The molecule has 11 nitrogen and oxygen atoms in total. The summed E-state index contributed by atoms with van der Waals surface area (Å²) in [5.41, 5.74) is 2.51. The fourth-order valence-corrected chi connectivity index (χ4v) is 6.42. The molecule has 0 spiro atoms. The summed E-state index contributed by atoms with van der Waals surface area (Å²) in [4.78, 5) is 14.3. The SMILES string of the molecule is CC1CCN(N[S+]([O-])C(C)(C)C)c2ccc(O[PH](=O)Oc3ccc4c(n3)N(C)CCC4N[S+]([O-])C(C)(C)C)nc21. The highest BCUT2D eigenvalue weighted by molar-refractivity contribution is 7.91. The van der Waals surface area contributed by atoms with E-state index in [1.54, 1.807) is 12.1 Å². The van der Waals surface area contributed by atoms with Crippen LogP contribution < -0.4 is 28.5 Å². The first-order chi connectivity index (χ1) is 18.6. The van der Waals surface area contributed by atoms with Crippen molar-refractivity contribution in [2.24, 2.45) is 0 Å². The molecule has 0 amide bonds. The van der Waals surface area contributed by atoms with Crippen molar-refractivity contribution in [1.82, 2.24) is 19.5 Å². The fraction of sp³-hybridized carbons (Fsp3) is 0.615. The largest absolute Gasteiger partial charge is 0.598 e. The molecule has 4 rings (SSSR count). The molecule has 2 aliphatic rings. The van der Waals surface area contributed by atoms with Gasteiger partial charge in [0.25, 0.3) is 0 Å². The van der Waals surface area contributed by atoms with Crippen molar-refractivity contribution in [2.75, 3.05) is 30.0 Å². The Bertz CT molecular complexity index is 1140. The van der Waals surface area contributed by atoms with E-state index in [0.29, 0.717) is 12.4 Å². The maximum Gasteiger partial charge on any atom is 0.421 e. The lowest BCUT2D eigenvalue weighted by Gasteiger charge is -2.35. The third-order valence-electron chi connectivity index (χ3n) is 6.72. The molecule has 5 unspecified atom stereocenters. The Morgan fingerprint density at radius 2 is 1.57 bits per heavy atom. The van der Waals surface area contributed by atoms with Gasteiger partial charge in [-0.25, -0.2) is 9.55 Å². The molecule has 2 aromatic heterocycles. The van der Waals surface area contributed by atoms with Crippen LogP contribution in [0.4, 0.5) is 11.5 Å². The summed E-state index contributed by atoms with van der Waals surface area (Å²) in [7, 11) is -1.09. The normalized spacial score (nSPS) is 21.8. The Balaban J connectivity index is 1.45. The number of hydrogen-bond donors (Lipinski definition) is 2. The van der Waals surface area contributed by atoms with Crippen LogP contribution in [-0.4, -0.2) is 48.7 Å². The molecule has 5 atom stereocenters. The van der Waals surface area contributed by atoms with E-state index in [9.17, 15) is 13.7 Å². The maximum atomic E-state index is 12.9. The highest BCUT2D eigenvalue weighted by Gasteiger charge is 2.34. The van der Waals surface area contributed by atoms with Crippen molar-refractivity contribution in [3.05, 3.63) is 35.5 Å². The molecule has 2 aliphatic heterocycles. The molecule has 40 heavy (non-hydrogen) atoms. The predicted molar refractivity (Wildman–Crippen MR) is 162 cm³/mol. The van der Waals surface area contributed by atoms with Crippen molar-refractivity contribution >= 4 is 42.5 Å². The van der Waals surface area contributed by atoms with Gasteiger partial charge in [0, 0.05) is 55.1 Å². The number of nitrogens with one attached hydrogen (secondary N) is 2. The van der Waals surface area contributed by atoms with Gasteiger partial charge < -0.3 is 23.1 Å². The zero-order chi connectivity index (χ0) is 29.4. The van der Waals surface area contributed by atoms with Crippen LogP contribution in [0.5, 0.6) is 11.8 Å². The van der Waals surface area contributed by atoms with Crippen molar-refractivity contribution in [3.8, 4) is 11.8 Å². The number of rotatable bonds is 8. The first kappa shape index (κ1) is 31.2. The molecule has 2 aromatic rings.